The summed E-state index contributed by atoms with van der Waals surface area (Å²) in [6.45, 7) is 3.99. The van der Waals surface area contributed by atoms with E-state index < -0.39 is 0 Å². The van der Waals surface area contributed by atoms with Crippen molar-refractivity contribution in [3.8, 4) is 0 Å². The highest BCUT2D eigenvalue weighted by Gasteiger charge is 2.03. The molecule has 0 aliphatic rings. The number of hydrogen-bond acceptors (Lipinski definition) is 2. The van der Waals surface area contributed by atoms with E-state index in [1.54, 1.807) is 12.1 Å². The Balaban J connectivity index is 2.04. The van der Waals surface area contributed by atoms with Gasteiger partial charge in [0.05, 0.1) is 5.71 Å². The second-order valence-corrected chi connectivity index (χ2v) is 5.21. The van der Waals surface area contributed by atoms with Crippen LogP contribution in [-0.2, 0) is 0 Å². The summed E-state index contributed by atoms with van der Waals surface area (Å²) in [5, 5.41) is 7.83. The zero-order valence-corrected chi connectivity index (χ0v) is 13.4. The molecule has 2 aromatic rings. The van der Waals surface area contributed by atoms with Crippen LogP contribution in [0.1, 0.15) is 24.5 Å². The van der Waals surface area contributed by atoms with E-state index in [0.29, 0.717) is 11.5 Å². The SMILES string of the molecule is CC/C(=N/NC(=S)Nc1ccccc1C)c1ccc(F)cc1. The maximum absolute atomic E-state index is 13.0. The molecule has 0 heterocycles. The molecule has 0 spiro atoms. The number of hydrazone groups is 1. The van der Waals surface area contributed by atoms with Gasteiger partial charge in [-0.05, 0) is 54.9 Å². The average Bonchev–Trinajstić information content (AvgIpc) is 2.52. The summed E-state index contributed by atoms with van der Waals surface area (Å²) < 4.78 is 13.0. The summed E-state index contributed by atoms with van der Waals surface area (Å²) in [4.78, 5) is 0. The molecule has 0 fully saturated rings. The van der Waals surface area contributed by atoms with Crippen LogP contribution in [-0.4, -0.2) is 10.8 Å². The molecule has 0 saturated heterocycles. The molecule has 0 amide bonds. The number of nitrogens with zero attached hydrogens (tertiary/aromatic N) is 1. The molecular weight excluding hydrogens is 297 g/mol. The van der Waals surface area contributed by atoms with Gasteiger partial charge >= 0.3 is 0 Å². The van der Waals surface area contributed by atoms with Gasteiger partial charge < -0.3 is 5.32 Å². The molecule has 22 heavy (non-hydrogen) atoms. The number of benzene rings is 2. The van der Waals surface area contributed by atoms with Crippen LogP contribution in [0.2, 0.25) is 0 Å². The van der Waals surface area contributed by atoms with Crippen LogP contribution in [0.5, 0.6) is 0 Å². The van der Waals surface area contributed by atoms with Crippen LogP contribution < -0.4 is 10.7 Å². The fraction of sp³-hybridized carbons (Fsp3) is 0.176. The largest absolute Gasteiger partial charge is 0.331 e. The van der Waals surface area contributed by atoms with E-state index >= 15 is 0 Å². The maximum Gasteiger partial charge on any atom is 0.191 e. The van der Waals surface area contributed by atoms with Crippen LogP contribution in [0.4, 0.5) is 10.1 Å². The first-order chi connectivity index (χ1) is 10.6. The van der Waals surface area contributed by atoms with Gasteiger partial charge in [0.25, 0.3) is 0 Å². The third-order valence-corrected chi connectivity index (χ3v) is 3.39. The second kappa shape index (κ2) is 7.66. The minimum absolute atomic E-state index is 0.260. The summed E-state index contributed by atoms with van der Waals surface area (Å²) in [5.41, 5.74) is 6.56. The number of halogens is 1. The van der Waals surface area contributed by atoms with E-state index in [1.165, 1.54) is 12.1 Å². The van der Waals surface area contributed by atoms with E-state index in [9.17, 15) is 4.39 Å². The monoisotopic (exact) mass is 315 g/mol. The Kier molecular flexibility index (Phi) is 5.61. The number of thiocarbonyl (C=S) groups is 1. The predicted octanol–water partition coefficient (Wildman–Crippen LogP) is 4.23. The molecule has 0 aliphatic heterocycles. The molecule has 0 atom stereocenters. The van der Waals surface area contributed by atoms with Crippen LogP contribution in [0.15, 0.2) is 53.6 Å². The highest BCUT2D eigenvalue weighted by molar-refractivity contribution is 7.80. The van der Waals surface area contributed by atoms with Crippen LogP contribution in [0.25, 0.3) is 0 Å². The number of para-hydroxylation sites is 1. The molecule has 3 nitrogen and oxygen atoms in total. The Labute approximate surface area is 135 Å². The lowest BCUT2D eigenvalue weighted by molar-refractivity contribution is 0.627. The van der Waals surface area contributed by atoms with Crippen molar-refractivity contribution < 1.29 is 4.39 Å². The van der Waals surface area contributed by atoms with Crippen LogP contribution in [0, 0.1) is 12.7 Å². The van der Waals surface area contributed by atoms with Crippen LogP contribution >= 0.6 is 12.2 Å². The molecule has 0 saturated carbocycles. The molecule has 0 aliphatic carbocycles. The quantitative estimate of drug-likeness (QED) is 0.503. The maximum atomic E-state index is 13.0. The third-order valence-electron chi connectivity index (χ3n) is 3.20. The molecule has 5 heteroatoms. The number of anilines is 1. The lowest BCUT2D eigenvalue weighted by Gasteiger charge is -2.11. The molecular formula is C17H18FN3S. The van der Waals surface area contributed by atoms with E-state index in [4.69, 9.17) is 12.2 Å². The fourth-order valence-corrected chi connectivity index (χ4v) is 2.13. The molecule has 0 unspecified atom stereocenters. The lowest BCUT2D eigenvalue weighted by atomic mass is 10.1. The smallest absolute Gasteiger partial charge is 0.191 e. The summed E-state index contributed by atoms with van der Waals surface area (Å²) in [6, 6.07) is 14.1. The third kappa shape index (κ3) is 4.36. The first kappa shape index (κ1) is 16.1. The Morgan fingerprint density at radius 1 is 1.14 bits per heavy atom. The topological polar surface area (TPSA) is 36.4 Å². The summed E-state index contributed by atoms with van der Waals surface area (Å²) >= 11 is 5.24. The highest BCUT2D eigenvalue weighted by Crippen LogP contribution is 2.12. The number of nitrogens with one attached hydrogen (secondary N) is 2. The van der Waals surface area contributed by atoms with Crippen molar-refractivity contribution in [3.63, 3.8) is 0 Å². The zero-order chi connectivity index (χ0) is 15.9. The minimum atomic E-state index is -0.260. The van der Waals surface area contributed by atoms with Gasteiger partial charge in [0.1, 0.15) is 5.82 Å². The number of rotatable bonds is 4. The van der Waals surface area contributed by atoms with E-state index in [2.05, 4.69) is 15.8 Å². The van der Waals surface area contributed by atoms with Crippen molar-refractivity contribution in [2.75, 3.05) is 5.32 Å². The van der Waals surface area contributed by atoms with Gasteiger partial charge in [-0.15, -0.1) is 0 Å². The Morgan fingerprint density at radius 3 is 2.45 bits per heavy atom. The number of aryl methyl sites for hydroxylation is 1. The molecule has 0 aromatic heterocycles. The first-order valence-corrected chi connectivity index (χ1v) is 7.46. The van der Waals surface area contributed by atoms with E-state index in [-0.39, 0.29) is 5.82 Å². The van der Waals surface area contributed by atoms with Gasteiger partial charge in [0, 0.05) is 5.69 Å². The second-order valence-electron chi connectivity index (χ2n) is 4.80. The van der Waals surface area contributed by atoms with Crippen molar-refractivity contribution in [2.45, 2.75) is 20.3 Å². The van der Waals surface area contributed by atoms with Gasteiger partial charge in [0.15, 0.2) is 5.11 Å². The van der Waals surface area contributed by atoms with E-state index in [1.807, 2.05) is 38.1 Å². The standard InChI is InChI=1S/C17H18FN3S/c1-3-15(13-8-10-14(18)11-9-13)20-21-17(22)19-16-7-5-4-6-12(16)2/h4-11H,3H2,1-2H3,(H2,19,21,22)/b20-15-. The molecule has 2 rings (SSSR count). The fourth-order valence-electron chi connectivity index (χ4n) is 1.97. The Morgan fingerprint density at radius 2 is 1.82 bits per heavy atom. The van der Waals surface area contributed by atoms with Gasteiger partial charge in [-0.25, -0.2) is 4.39 Å². The first-order valence-electron chi connectivity index (χ1n) is 7.05. The average molecular weight is 315 g/mol. The Hall–Kier alpha value is -2.27. The van der Waals surface area contributed by atoms with Crippen molar-refractivity contribution in [3.05, 3.63) is 65.5 Å². The normalized spacial score (nSPS) is 11.1. The minimum Gasteiger partial charge on any atom is -0.331 e. The molecule has 2 aromatic carbocycles. The summed E-state index contributed by atoms with van der Waals surface area (Å²) in [7, 11) is 0. The summed E-state index contributed by atoms with van der Waals surface area (Å²) in [6.07, 6.45) is 0.714. The number of hydrogen-bond donors (Lipinski definition) is 2. The predicted molar refractivity (Wildman–Crippen MR) is 93.8 cm³/mol. The van der Waals surface area contributed by atoms with Gasteiger partial charge in [-0.2, -0.15) is 5.10 Å². The summed E-state index contributed by atoms with van der Waals surface area (Å²) in [5.74, 6) is -0.260. The zero-order valence-electron chi connectivity index (χ0n) is 12.6. The van der Waals surface area contributed by atoms with Gasteiger partial charge in [-0.3, -0.25) is 5.43 Å². The van der Waals surface area contributed by atoms with Crippen molar-refractivity contribution in [1.29, 1.82) is 0 Å². The molecule has 0 bridgehead atoms. The van der Waals surface area contributed by atoms with Crippen molar-refractivity contribution in [2.24, 2.45) is 5.10 Å². The van der Waals surface area contributed by atoms with Crippen LogP contribution in [0.3, 0.4) is 0 Å². The van der Waals surface area contributed by atoms with E-state index in [0.717, 1.165) is 22.5 Å². The van der Waals surface area contributed by atoms with Crippen molar-refractivity contribution >= 4 is 28.7 Å². The Bertz CT molecular complexity index is 681. The van der Waals surface area contributed by atoms with Gasteiger partial charge in [-0.1, -0.05) is 37.3 Å². The molecule has 0 radical (unpaired) electrons. The highest BCUT2D eigenvalue weighted by atomic mass is 32.1. The molecule has 114 valence electrons. The lowest BCUT2D eigenvalue weighted by Crippen LogP contribution is -2.25. The van der Waals surface area contributed by atoms with Crippen molar-refractivity contribution in [1.82, 2.24) is 5.43 Å². The molecule has 2 N–H and O–H groups in total. The van der Waals surface area contributed by atoms with Gasteiger partial charge in [0.2, 0.25) is 0 Å².